The molecule has 3 aromatic rings. The number of aromatic hydroxyl groups is 1. The van der Waals surface area contributed by atoms with Crippen molar-refractivity contribution in [1.82, 2.24) is 20.5 Å². The number of piperidine rings is 1. The number of fused-ring (bicyclic) bond motifs is 2. The Morgan fingerprint density at radius 1 is 1.18 bits per heavy atom. The Bertz CT molecular complexity index is 1290. The molecule has 0 amide bonds. The van der Waals surface area contributed by atoms with E-state index in [2.05, 4.69) is 27.4 Å². The maximum absolute atomic E-state index is 15.3. The first-order chi connectivity index (χ1) is 16.9. The van der Waals surface area contributed by atoms with Gasteiger partial charge in [0.15, 0.2) is 5.82 Å². The fourth-order valence-corrected chi connectivity index (χ4v) is 5.51. The third-order valence-corrected chi connectivity index (χ3v) is 7.14. The summed E-state index contributed by atoms with van der Waals surface area (Å²) in [7, 11) is -0.757. The summed E-state index contributed by atoms with van der Waals surface area (Å²) < 4.78 is 41.9. The van der Waals surface area contributed by atoms with Gasteiger partial charge in [0.25, 0.3) is 0 Å². The summed E-state index contributed by atoms with van der Waals surface area (Å²) in [4.78, 5) is 5.79. The summed E-state index contributed by atoms with van der Waals surface area (Å²) >= 11 is 0. The van der Waals surface area contributed by atoms with Crippen LogP contribution < -0.4 is 15.0 Å². The molecule has 1 saturated heterocycles. The summed E-state index contributed by atoms with van der Waals surface area (Å²) in [6, 6.07) is 11.5. The molecule has 8 heteroatoms. The molecule has 1 aromatic carbocycles. The highest BCUT2D eigenvalue weighted by atomic mass is 19.1. The van der Waals surface area contributed by atoms with E-state index in [0.29, 0.717) is 28.2 Å². The van der Waals surface area contributed by atoms with Gasteiger partial charge in [0, 0.05) is 42.4 Å². The van der Waals surface area contributed by atoms with E-state index in [1.54, 1.807) is 36.4 Å². The zero-order valence-corrected chi connectivity index (χ0v) is 18.7. The van der Waals surface area contributed by atoms with Crippen LogP contribution in [-0.4, -0.2) is 58.7 Å². The topological polar surface area (TPSA) is 83.4 Å². The van der Waals surface area contributed by atoms with Gasteiger partial charge in [0.1, 0.15) is 11.9 Å². The zero-order valence-electron chi connectivity index (χ0n) is 21.7. The van der Waals surface area contributed by atoms with Gasteiger partial charge in [0.05, 0.1) is 22.9 Å². The molecule has 0 spiro atoms. The van der Waals surface area contributed by atoms with Crippen LogP contribution in [0.25, 0.3) is 22.4 Å². The van der Waals surface area contributed by atoms with Gasteiger partial charge >= 0.3 is 0 Å². The van der Waals surface area contributed by atoms with Crippen LogP contribution in [-0.2, 0) is 0 Å². The number of aromatic nitrogens is 3. The molecule has 7 nitrogen and oxygen atoms in total. The fourth-order valence-electron chi connectivity index (χ4n) is 5.51. The van der Waals surface area contributed by atoms with Gasteiger partial charge in [-0.3, -0.25) is 0 Å². The van der Waals surface area contributed by atoms with Gasteiger partial charge < -0.3 is 20.1 Å². The summed E-state index contributed by atoms with van der Waals surface area (Å²) in [5.74, 6) is 0.520. The van der Waals surface area contributed by atoms with Crippen LogP contribution in [0.3, 0.4) is 0 Å². The molecule has 1 aliphatic carbocycles. The van der Waals surface area contributed by atoms with E-state index in [1.165, 1.54) is 12.3 Å². The average molecular weight is 453 g/mol. The van der Waals surface area contributed by atoms with E-state index in [1.807, 2.05) is 18.9 Å². The Balaban J connectivity index is 1.36. The molecular formula is C25H28FN5O2. The molecule has 5 rings (SSSR count). The Morgan fingerprint density at radius 3 is 2.67 bits per heavy atom. The SMILES string of the molecule is [2H]C([2H])([2H])Oc1cc(-c2ccc(-c3ccc(N(C)[C@H]4[C@@H](F)[C@@]5(C)C[C@]4(C)CN5)nn3)c(O)c2)ccn1. The van der Waals surface area contributed by atoms with Crippen molar-refractivity contribution in [2.24, 2.45) is 5.41 Å². The molecule has 0 unspecified atom stereocenters. The zero-order chi connectivity index (χ0) is 25.9. The Kier molecular flexibility index (Phi) is 4.22. The number of alkyl halides is 1. The number of benzene rings is 1. The summed E-state index contributed by atoms with van der Waals surface area (Å²) in [6.07, 6.45) is 1.18. The Labute approximate surface area is 196 Å². The van der Waals surface area contributed by atoms with Crippen molar-refractivity contribution in [3.05, 3.63) is 48.7 Å². The smallest absolute Gasteiger partial charge is 0.213 e. The Hall–Kier alpha value is -3.26. The minimum absolute atomic E-state index is 0.0126. The minimum atomic E-state index is -2.61. The number of ether oxygens (including phenoxy) is 1. The van der Waals surface area contributed by atoms with E-state index >= 15 is 4.39 Å². The highest BCUT2D eigenvalue weighted by Crippen LogP contribution is 2.52. The van der Waals surface area contributed by atoms with Crippen molar-refractivity contribution < 1.29 is 18.3 Å². The van der Waals surface area contributed by atoms with Crippen LogP contribution in [0.1, 0.15) is 24.4 Å². The number of phenolic OH excluding ortho intramolecular Hbond substituents is 1. The first-order valence-electron chi connectivity index (χ1n) is 12.3. The van der Waals surface area contributed by atoms with E-state index in [9.17, 15) is 5.11 Å². The molecule has 2 aromatic heterocycles. The van der Waals surface area contributed by atoms with Crippen molar-refractivity contribution >= 4 is 5.82 Å². The number of halogens is 1. The van der Waals surface area contributed by atoms with Crippen molar-refractivity contribution in [2.75, 3.05) is 25.5 Å². The van der Waals surface area contributed by atoms with E-state index in [4.69, 9.17) is 8.85 Å². The van der Waals surface area contributed by atoms with E-state index in [0.717, 1.165) is 13.0 Å². The molecule has 2 bridgehead atoms. The number of nitrogens with zero attached hydrogens (tertiary/aromatic N) is 4. The van der Waals surface area contributed by atoms with Gasteiger partial charge in [-0.25, -0.2) is 9.37 Å². The van der Waals surface area contributed by atoms with Gasteiger partial charge in [0.2, 0.25) is 5.88 Å². The second kappa shape index (κ2) is 7.66. The average Bonchev–Trinajstić information content (AvgIpc) is 3.24. The molecule has 2 fully saturated rings. The molecule has 1 aliphatic heterocycles. The van der Waals surface area contributed by atoms with Gasteiger partial charge in [-0.15, -0.1) is 10.2 Å². The predicted molar refractivity (Wildman–Crippen MR) is 125 cm³/mol. The lowest BCUT2D eigenvalue weighted by molar-refractivity contribution is 0.140. The number of hydrogen-bond donors (Lipinski definition) is 2. The van der Waals surface area contributed by atoms with Crippen molar-refractivity contribution in [3.63, 3.8) is 0 Å². The van der Waals surface area contributed by atoms with Crippen LogP contribution in [0.15, 0.2) is 48.7 Å². The van der Waals surface area contributed by atoms with Crippen molar-refractivity contribution in [3.8, 4) is 34.0 Å². The number of hydrogen-bond acceptors (Lipinski definition) is 7. The van der Waals surface area contributed by atoms with Gasteiger partial charge in [-0.2, -0.15) is 0 Å². The molecule has 1 saturated carbocycles. The van der Waals surface area contributed by atoms with E-state index < -0.39 is 18.7 Å². The van der Waals surface area contributed by atoms with Crippen molar-refractivity contribution in [1.29, 1.82) is 0 Å². The minimum Gasteiger partial charge on any atom is -0.507 e. The maximum atomic E-state index is 15.3. The summed E-state index contributed by atoms with van der Waals surface area (Å²) in [6.45, 7) is 4.80. The normalized spacial score (nSPS) is 29.9. The lowest BCUT2D eigenvalue weighted by Gasteiger charge is -2.42. The lowest BCUT2D eigenvalue weighted by atomic mass is 9.84. The van der Waals surface area contributed by atoms with Crippen LogP contribution in [0, 0.1) is 5.41 Å². The van der Waals surface area contributed by atoms with Gasteiger partial charge in [-0.1, -0.05) is 13.0 Å². The number of pyridine rings is 1. The molecule has 3 heterocycles. The molecule has 2 aliphatic rings. The number of phenols is 1. The molecule has 0 radical (unpaired) electrons. The molecule has 172 valence electrons. The third kappa shape index (κ3) is 3.49. The number of nitrogens with one attached hydrogen (secondary N) is 1. The fraction of sp³-hybridized carbons (Fsp3) is 0.400. The molecule has 4 atom stereocenters. The summed E-state index contributed by atoms with van der Waals surface area (Å²) in [5.41, 5.74) is 1.53. The second-order valence-corrected chi connectivity index (χ2v) is 9.55. The number of methoxy groups -OCH3 is 1. The monoisotopic (exact) mass is 452 g/mol. The maximum Gasteiger partial charge on any atom is 0.213 e. The van der Waals surface area contributed by atoms with E-state index in [-0.39, 0.29) is 23.1 Å². The summed E-state index contributed by atoms with van der Waals surface area (Å²) in [5, 5.41) is 22.7. The van der Waals surface area contributed by atoms with Crippen LogP contribution in [0.4, 0.5) is 10.2 Å². The number of anilines is 1. The molecule has 2 N–H and O–H groups in total. The first-order valence-corrected chi connectivity index (χ1v) is 10.8. The second-order valence-electron chi connectivity index (χ2n) is 9.55. The Morgan fingerprint density at radius 2 is 2.00 bits per heavy atom. The highest BCUT2D eigenvalue weighted by Gasteiger charge is 2.63. The van der Waals surface area contributed by atoms with Crippen LogP contribution >= 0.6 is 0 Å². The van der Waals surface area contributed by atoms with Crippen LogP contribution in [0.2, 0.25) is 0 Å². The molecule has 33 heavy (non-hydrogen) atoms. The lowest BCUT2D eigenvalue weighted by Crippen LogP contribution is -2.59. The highest BCUT2D eigenvalue weighted by molar-refractivity contribution is 5.74. The first kappa shape index (κ1) is 18.2. The largest absolute Gasteiger partial charge is 0.507 e. The van der Waals surface area contributed by atoms with Crippen LogP contribution in [0.5, 0.6) is 11.6 Å². The molecular weight excluding hydrogens is 421 g/mol. The third-order valence-electron chi connectivity index (χ3n) is 7.14. The number of rotatable bonds is 5. The standard InChI is InChI=1S/C25H28FN5O2/c1-24-13-25(2,28-14-24)22(26)23(24)31(3)20-8-7-18(29-30-20)17-6-5-15(11-19(17)32)16-9-10-27-21(12-16)33-4/h5-12,22-23,28,32H,13-14H2,1-4H3/t22-,23+,24-,25-/m1/s1/i4D3. The predicted octanol–water partition coefficient (Wildman–Crippen LogP) is 3.83. The van der Waals surface area contributed by atoms with Gasteiger partial charge in [-0.05, 0) is 54.8 Å². The quantitative estimate of drug-likeness (QED) is 0.609. The van der Waals surface area contributed by atoms with Crippen molar-refractivity contribution in [2.45, 2.75) is 38.0 Å².